The first-order valence-electron chi connectivity index (χ1n) is 15.6. The Labute approximate surface area is 270 Å². The highest BCUT2D eigenvalue weighted by atomic mass is 16.7. The van der Waals surface area contributed by atoms with Crippen LogP contribution in [0.3, 0.4) is 0 Å². The maximum absolute atomic E-state index is 12.6. The maximum Gasteiger partial charge on any atom is 0.224 e. The van der Waals surface area contributed by atoms with Gasteiger partial charge >= 0.3 is 0 Å². The summed E-state index contributed by atoms with van der Waals surface area (Å²) in [5.41, 5.74) is 11.6. The van der Waals surface area contributed by atoms with Crippen molar-refractivity contribution < 1.29 is 24.2 Å². The average Bonchev–Trinajstić information content (AvgIpc) is 3.06. The van der Waals surface area contributed by atoms with Crippen molar-refractivity contribution in [1.82, 2.24) is 4.90 Å². The molecule has 1 heterocycles. The molecule has 0 aromatic heterocycles. The van der Waals surface area contributed by atoms with Gasteiger partial charge in [-0.15, -0.1) is 0 Å². The zero-order chi connectivity index (χ0) is 32.3. The lowest BCUT2D eigenvalue weighted by Crippen LogP contribution is -2.37. The number of aliphatic hydroxyl groups excluding tert-OH is 1. The van der Waals surface area contributed by atoms with Crippen molar-refractivity contribution in [3.05, 3.63) is 125 Å². The summed E-state index contributed by atoms with van der Waals surface area (Å²) >= 11 is 0. The number of rotatable bonds is 13. The van der Waals surface area contributed by atoms with Gasteiger partial charge < -0.3 is 30.9 Å². The molecule has 0 spiro atoms. The van der Waals surface area contributed by atoms with Gasteiger partial charge in [0.15, 0.2) is 6.29 Å². The lowest BCUT2D eigenvalue weighted by atomic mass is 9.99. The minimum absolute atomic E-state index is 0.00746. The molecule has 9 heteroatoms. The number of amides is 2. The number of nitrogens with one attached hydrogen (secondary N) is 2. The van der Waals surface area contributed by atoms with Gasteiger partial charge in [-0.2, -0.15) is 0 Å². The molecular weight excluding hydrogens is 580 g/mol. The number of hydrogen-bond acceptors (Lipinski definition) is 7. The minimum Gasteiger partial charge on any atom is -0.397 e. The molecule has 0 bridgehead atoms. The second-order valence-corrected chi connectivity index (χ2v) is 11.7. The van der Waals surface area contributed by atoms with Crippen molar-refractivity contribution in [2.24, 2.45) is 0 Å². The van der Waals surface area contributed by atoms with Crippen LogP contribution < -0.4 is 16.4 Å². The molecule has 46 heavy (non-hydrogen) atoms. The first-order valence-corrected chi connectivity index (χ1v) is 15.6. The van der Waals surface area contributed by atoms with Crippen LogP contribution >= 0.6 is 0 Å². The number of hydrogen-bond donors (Lipinski definition) is 4. The molecular formula is C37H42N4O5. The maximum atomic E-state index is 12.6. The van der Waals surface area contributed by atoms with Crippen molar-refractivity contribution in [3.63, 3.8) is 0 Å². The number of carbonyl (C=O) groups is 2. The van der Waals surface area contributed by atoms with E-state index < -0.39 is 6.29 Å². The van der Waals surface area contributed by atoms with E-state index >= 15 is 0 Å². The number of nitrogens with two attached hydrogens (primary N) is 1. The number of carbonyl (C=O) groups excluding carboxylic acids is 2. The van der Waals surface area contributed by atoms with Gasteiger partial charge in [-0.3, -0.25) is 14.5 Å². The van der Waals surface area contributed by atoms with E-state index in [0.29, 0.717) is 29.9 Å². The number of anilines is 3. The largest absolute Gasteiger partial charge is 0.397 e. The number of para-hydroxylation sites is 2. The highest BCUT2D eigenvalue weighted by Gasteiger charge is 2.32. The van der Waals surface area contributed by atoms with Crippen molar-refractivity contribution in [2.45, 2.75) is 57.3 Å². The number of aliphatic hydroxyl groups is 1. The van der Waals surface area contributed by atoms with Crippen LogP contribution in [0.2, 0.25) is 0 Å². The van der Waals surface area contributed by atoms with Gasteiger partial charge in [0, 0.05) is 43.6 Å². The molecule has 1 saturated heterocycles. The van der Waals surface area contributed by atoms with E-state index in [4.69, 9.17) is 15.2 Å². The van der Waals surface area contributed by atoms with E-state index in [1.807, 2.05) is 66.7 Å². The fourth-order valence-electron chi connectivity index (χ4n) is 5.52. The highest BCUT2D eigenvalue weighted by molar-refractivity contribution is 5.94. The molecule has 4 aromatic carbocycles. The van der Waals surface area contributed by atoms with E-state index in [-0.39, 0.29) is 43.5 Å². The molecule has 1 fully saturated rings. The first-order chi connectivity index (χ1) is 22.4. The van der Waals surface area contributed by atoms with Crippen molar-refractivity contribution in [2.75, 3.05) is 30.0 Å². The van der Waals surface area contributed by atoms with Gasteiger partial charge in [-0.05, 0) is 54.4 Å². The van der Waals surface area contributed by atoms with Gasteiger partial charge in [0.05, 0.1) is 30.2 Å². The Morgan fingerprint density at radius 3 is 2.15 bits per heavy atom. The normalized spacial score (nSPS) is 17.8. The van der Waals surface area contributed by atoms with Gasteiger partial charge in [0.25, 0.3) is 0 Å². The van der Waals surface area contributed by atoms with Crippen LogP contribution in [0.5, 0.6) is 0 Å². The Kier molecular flexibility index (Phi) is 11.5. The molecule has 0 radical (unpaired) electrons. The molecule has 3 atom stereocenters. The fraction of sp³-hybridized carbons (Fsp3) is 0.297. The van der Waals surface area contributed by atoms with Crippen molar-refractivity contribution in [3.8, 4) is 0 Å². The summed E-state index contributed by atoms with van der Waals surface area (Å²) in [5.74, 6) is -0.354. The van der Waals surface area contributed by atoms with E-state index in [1.165, 1.54) is 5.56 Å². The standard InChI is InChI=1S/C37H42N4O5/c1-41(23-26-8-3-2-4-9-26)24-31-22-34(28-16-14-27(25-42)15-17-28)46-37(45-31)29-18-20-30(21-19-29)39-35(43)12-7-13-36(44)40-33-11-6-5-10-32(33)38/h2-6,8-11,14-21,31,34,37,42H,7,12-13,22-25,38H2,1H3,(H,39,43)(H,40,44). The fourth-order valence-corrected chi connectivity index (χ4v) is 5.52. The topological polar surface area (TPSA) is 126 Å². The van der Waals surface area contributed by atoms with Crippen molar-refractivity contribution in [1.29, 1.82) is 0 Å². The van der Waals surface area contributed by atoms with Crippen LogP contribution in [0.15, 0.2) is 103 Å². The van der Waals surface area contributed by atoms with Crippen molar-refractivity contribution >= 4 is 28.9 Å². The first kappa shape index (κ1) is 32.8. The number of nitrogens with zero attached hydrogens (tertiary/aromatic N) is 1. The van der Waals surface area contributed by atoms with E-state index in [2.05, 4.69) is 34.7 Å². The Morgan fingerprint density at radius 1 is 0.804 bits per heavy atom. The zero-order valence-corrected chi connectivity index (χ0v) is 26.1. The third-order valence-corrected chi connectivity index (χ3v) is 7.93. The monoisotopic (exact) mass is 622 g/mol. The molecule has 240 valence electrons. The smallest absolute Gasteiger partial charge is 0.224 e. The average molecular weight is 623 g/mol. The molecule has 5 rings (SSSR count). The molecule has 0 saturated carbocycles. The lowest BCUT2D eigenvalue weighted by Gasteiger charge is -2.38. The summed E-state index contributed by atoms with van der Waals surface area (Å²) in [4.78, 5) is 27.1. The molecule has 1 aliphatic heterocycles. The molecule has 0 aliphatic carbocycles. The van der Waals surface area contributed by atoms with Crippen LogP contribution in [0.4, 0.5) is 17.1 Å². The molecule has 3 unspecified atom stereocenters. The summed E-state index contributed by atoms with van der Waals surface area (Å²) in [6.07, 6.45) is 0.674. The zero-order valence-electron chi connectivity index (χ0n) is 26.1. The predicted molar refractivity (Wildman–Crippen MR) is 180 cm³/mol. The number of benzene rings is 4. The molecule has 1 aliphatic rings. The van der Waals surface area contributed by atoms with Crippen LogP contribution in [-0.4, -0.2) is 41.5 Å². The second-order valence-electron chi connectivity index (χ2n) is 11.7. The third kappa shape index (κ3) is 9.48. The highest BCUT2D eigenvalue weighted by Crippen LogP contribution is 2.38. The Bertz CT molecular complexity index is 1560. The van der Waals surface area contributed by atoms with Gasteiger partial charge in [-0.1, -0.05) is 78.9 Å². The molecule has 4 aromatic rings. The molecule has 9 nitrogen and oxygen atoms in total. The van der Waals surface area contributed by atoms with Crippen LogP contribution in [0, 0.1) is 0 Å². The Morgan fingerprint density at radius 2 is 1.46 bits per heavy atom. The van der Waals surface area contributed by atoms with Gasteiger partial charge in [0.1, 0.15) is 0 Å². The van der Waals surface area contributed by atoms with Gasteiger partial charge in [0.2, 0.25) is 11.8 Å². The third-order valence-electron chi connectivity index (χ3n) is 7.93. The summed E-state index contributed by atoms with van der Waals surface area (Å²) in [6.45, 7) is 1.53. The SMILES string of the molecule is CN(Cc1ccccc1)CC1CC(c2ccc(CO)cc2)OC(c2ccc(NC(=O)CCCC(=O)Nc3ccccc3N)cc2)O1. The van der Waals surface area contributed by atoms with Gasteiger partial charge in [-0.25, -0.2) is 0 Å². The van der Waals surface area contributed by atoms with E-state index in [1.54, 1.807) is 24.3 Å². The summed E-state index contributed by atoms with van der Waals surface area (Å²) in [5, 5.41) is 15.2. The summed E-state index contributed by atoms with van der Waals surface area (Å²) in [7, 11) is 2.09. The number of nitrogen functional groups attached to an aromatic ring is 1. The lowest BCUT2D eigenvalue weighted by molar-refractivity contribution is -0.252. The Balaban J connectivity index is 1.17. The van der Waals surface area contributed by atoms with E-state index in [0.717, 1.165) is 29.8 Å². The summed E-state index contributed by atoms with van der Waals surface area (Å²) in [6, 6.07) is 32.7. The number of likely N-dealkylation sites (N-methyl/N-ethyl adjacent to an activating group) is 1. The van der Waals surface area contributed by atoms with Crippen LogP contribution in [-0.2, 0) is 32.2 Å². The minimum atomic E-state index is -0.590. The summed E-state index contributed by atoms with van der Waals surface area (Å²) < 4.78 is 13.0. The van der Waals surface area contributed by atoms with E-state index in [9.17, 15) is 14.7 Å². The Hall–Kier alpha value is -4.54. The predicted octanol–water partition coefficient (Wildman–Crippen LogP) is 6.19. The molecule has 2 amide bonds. The quantitative estimate of drug-likeness (QED) is 0.131. The second kappa shape index (κ2) is 16.1. The van der Waals surface area contributed by atoms with Crippen LogP contribution in [0.25, 0.3) is 0 Å². The number of ether oxygens (including phenoxy) is 2. The van der Waals surface area contributed by atoms with Crippen LogP contribution in [0.1, 0.15) is 60.3 Å². The molecule has 5 N–H and O–H groups in total.